The summed E-state index contributed by atoms with van der Waals surface area (Å²) in [4.78, 5) is 20.5. The molecule has 1 N–H and O–H groups in total. The van der Waals surface area contributed by atoms with Crippen molar-refractivity contribution in [1.29, 1.82) is 0 Å². The Hall–Kier alpha value is -3.06. The van der Waals surface area contributed by atoms with Crippen molar-refractivity contribution in [3.8, 4) is 0 Å². The van der Waals surface area contributed by atoms with E-state index in [1.165, 1.54) is 26.2 Å². The van der Waals surface area contributed by atoms with Crippen LogP contribution in [0.1, 0.15) is 18.1 Å². The number of nitrogens with zero attached hydrogens (tertiary/aromatic N) is 3. The Labute approximate surface area is 160 Å². The van der Waals surface area contributed by atoms with Gasteiger partial charge in [-0.15, -0.1) is 0 Å². The number of hydrogen-bond acceptors (Lipinski definition) is 6. The maximum atomic E-state index is 13.9. The number of hydrazone groups is 1. The third-order valence-corrected chi connectivity index (χ3v) is 4.15. The fraction of sp³-hybridized carbons (Fsp3) is 0.158. The molecule has 0 saturated heterocycles. The van der Waals surface area contributed by atoms with Crippen LogP contribution in [-0.2, 0) is 9.53 Å². The van der Waals surface area contributed by atoms with E-state index in [-0.39, 0.29) is 12.3 Å². The maximum Gasteiger partial charge on any atom is 0.353 e. The number of carbonyl (C=O) groups excluding carboxylic acids is 1. The fourth-order valence-corrected chi connectivity index (χ4v) is 2.73. The van der Waals surface area contributed by atoms with Crippen LogP contribution >= 0.6 is 11.6 Å². The molecule has 3 rings (SSSR count). The summed E-state index contributed by atoms with van der Waals surface area (Å²) < 4.78 is 18.5. The van der Waals surface area contributed by atoms with Crippen molar-refractivity contribution in [3.63, 3.8) is 0 Å². The summed E-state index contributed by atoms with van der Waals surface area (Å²) in [6.45, 7) is 1.66. The van der Waals surface area contributed by atoms with E-state index < -0.39 is 11.8 Å². The van der Waals surface area contributed by atoms with Gasteiger partial charge in [0.05, 0.1) is 25.1 Å². The first-order valence-electron chi connectivity index (χ1n) is 8.05. The number of esters is 1. The van der Waals surface area contributed by atoms with Crippen molar-refractivity contribution in [2.75, 3.05) is 13.7 Å². The van der Waals surface area contributed by atoms with Gasteiger partial charge in [-0.3, -0.25) is 10.4 Å². The molecule has 1 heterocycles. The van der Waals surface area contributed by atoms with E-state index in [1.807, 2.05) is 18.2 Å². The minimum atomic E-state index is -0.556. The smallest absolute Gasteiger partial charge is 0.353 e. The van der Waals surface area contributed by atoms with Crippen molar-refractivity contribution < 1.29 is 13.9 Å². The van der Waals surface area contributed by atoms with E-state index in [0.29, 0.717) is 33.4 Å². The molecule has 2 aromatic rings. The first-order chi connectivity index (χ1) is 13.0. The number of nitrogens with one attached hydrogen (secondary N) is 1. The van der Waals surface area contributed by atoms with Gasteiger partial charge >= 0.3 is 5.97 Å². The number of ether oxygens (including phenoxy) is 1. The minimum absolute atomic E-state index is 0.138. The van der Waals surface area contributed by atoms with Crippen molar-refractivity contribution in [1.82, 2.24) is 5.43 Å². The molecule has 1 aliphatic rings. The second-order valence-electron chi connectivity index (χ2n) is 5.67. The SMILES string of the molecule is COC(=O)/C(C)=N\NC1=Nc2ccc(F)cc2C(c2ccccc2Cl)=NC1. The van der Waals surface area contributed by atoms with E-state index in [0.717, 1.165) is 0 Å². The van der Waals surface area contributed by atoms with E-state index in [1.54, 1.807) is 12.1 Å². The van der Waals surface area contributed by atoms with Crippen LogP contribution in [0.5, 0.6) is 0 Å². The Balaban J connectivity index is 2.02. The molecule has 138 valence electrons. The Morgan fingerprint density at radius 2 is 2.04 bits per heavy atom. The highest BCUT2D eigenvalue weighted by Crippen LogP contribution is 2.28. The summed E-state index contributed by atoms with van der Waals surface area (Å²) in [5.41, 5.74) is 5.11. The predicted molar refractivity (Wildman–Crippen MR) is 104 cm³/mol. The highest BCUT2D eigenvalue weighted by Gasteiger charge is 2.19. The van der Waals surface area contributed by atoms with E-state index in [9.17, 15) is 9.18 Å². The van der Waals surface area contributed by atoms with Crippen LogP contribution in [0.15, 0.2) is 57.6 Å². The standard InChI is InChI=1S/C19H16ClFN4O2/c1-11(19(26)27-2)24-25-17-10-22-18(13-5-3-4-6-15(13)20)14-9-12(21)7-8-16(14)23-17/h3-9H,10H2,1-2H3,(H,23,25)/b24-11-. The van der Waals surface area contributed by atoms with Gasteiger partial charge in [-0.1, -0.05) is 29.8 Å². The summed E-state index contributed by atoms with van der Waals surface area (Å²) in [5.74, 6) is -0.563. The number of halogens is 2. The molecule has 1 aliphatic heterocycles. The number of benzene rings is 2. The maximum absolute atomic E-state index is 13.9. The first-order valence-corrected chi connectivity index (χ1v) is 8.43. The average molecular weight is 387 g/mol. The second-order valence-corrected chi connectivity index (χ2v) is 6.07. The minimum Gasteiger partial charge on any atom is -0.464 e. The van der Waals surface area contributed by atoms with Crippen molar-refractivity contribution in [2.45, 2.75) is 6.92 Å². The lowest BCUT2D eigenvalue weighted by molar-refractivity contribution is -0.132. The molecule has 0 fully saturated rings. The molecule has 8 heteroatoms. The van der Waals surface area contributed by atoms with E-state index in [4.69, 9.17) is 11.6 Å². The molecule has 0 amide bonds. The zero-order valence-electron chi connectivity index (χ0n) is 14.7. The van der Waals surface area contributed by atoms with E-state index in [2.05, 4.69) is 25.2 Å². The number of amidine groups is 1. The van der Waals surface area contributed by atoms with Crippen LogP contribution in [0.4, 0.5) is 10.1 Å². The highest BCUT2D eigenvalue weighted by molar-refractivity contribution is 6.36. The molecule has 6 nitrogen and oxygen atoms in total. The van der Waals surface area contributed by atoms with Gasteiger partial charge in [-0.2, -0.15) is 5.10 Å². The predicted octanol–water partition coefficient (Wildman–Crippen LogP) is 3.50. The van der Waals surface area contributed by atoms with Gasteiger partial charge in [0.15, 0.2) is 0 Å². The number of fused-ring (bicyclic) bond motifs is 1. The summed E-state index contributed by atoms with van der Waals surface area (Å²) >= 11 is 6.31. The monoisotopic (exact) mass is 386 g/mol. The van der Waals surface area contributed by atoms with Gasteiger partial charge in [-0.05, 0) is 31.2 Å². The van der Waals surface area contributed by atoms with Gasteiger partial charge < -0.3 is 4.74 Å². The van der Waals surface area contributed by atoms with Crippen molar-refractivity contribution in [3.05, 3.63) is 64.4 Å². The molecule has 0 aliphatic carbocycles. The van der Waals surface area contributed by atoms with Crippen LogP contribution in [0.25, 0.3) is 0 Å². The third kappa shape index (κ3) is 4.20. The van der Waals surface area contributed by atoms with Gasteiger partial charge in [0.2, 0.25) is 0 Å². The average Bonchev–Trinajstić information content (AvgIpc) is 2.85. The zero-order valence-corrected chi connectivity index (χ0v) is 15.4. The number of carbonyl (C=O) groups is 1. The molecular weight excluding hydrogens is 371 g/mol. The van der Waals surface area contributed by atoms with Crippen LogP contribution < -0.4 is 5.43 Å². The fourth-order valence-electron chi connectivity index (χ4n) is 2.50. The lowest BCUT2D eigenvalue weighted by atomic mass is 10.0. The molecule has 0 saturated carbocycles. The van der Waals surface area contributed by atoms with Gasteiger partial charge in [0, 0.05) is 16.1 Å². The molecular formula is C19H16ClFN4O2. The van der Waals surface area contributed by atoms with Crippen LogP contribution in [0, 0.1) is 5.82 Å². The van der Waals surface area contributed by atoms with Crippen molar-refractivity contribution >= 4 is 40.5 Å². The van der Waals surface area contributed by atoms with E-state index >= 15 is 0 Å². The lowest BCUT2D eigenvalue weighted by Gasteiger charge is -2.10. The molecule has 27 heavy (non-hydrogen) atoms. The van der Waals surface area contributed by atoms with Gasteiger partial charge in [0.25, 0.3) is 0 Å². The number of aliphatic imine (C=N–C) groups is 2. The third-order valence-electron chi connectivity index (χ3n) is 3.82. The number of methoxy groups -OCH3 is 1. The normalized spacial score (nSPS) is 13.9. The van der Waals surface area contributed by atoms with Gasteiger partial charge in [-0.25, -0.2) is 14.2 Å². The van der Waals surface area contributed by atoms with Crippen LogP contribution in [0.2, 0.25) is 5.02 Å². The summed E-state index contributed by atoms with van der Waals surface area (Å²) in [7, 11) is 1.27. The molecule has 0 aromatic heterocycles. The Kier molecular flexibility index (Phi) is 5.61. The Bertz CT molecular complexity index is 985. The van der Waals surface area contributed by atoms with Gasteiger partial charge in [0.1, 0.15) is 17.4 Å². The Morgan fingerprint density at radius 3 is 2.78 bits per heavy atom. The summed E-state index contributed by atoms with van der Waals surface area (Å²) in [5, 5.41) is 4.46. The molecule has 0 bridgehead atoms. The number of rotatable bonds is 3. The second kappa shape index (κ2) is 8.09. The number of hydrogen-bond donors (Lipinski definition) is 1. The Morgan fingerprint density at radius 1 is 1.26 bits per heavy atom. The summed E-state index contributed by atoms with van der Waals surface area (Å²) in [6, 6.07) is 11.4. The van der Waals surface area contributed by atoms with Crippen LogP contribution in [0.3, 0.4) is 0 Å². The molecule has 0 atom stereocenters. The van der Waals surface area contributed by atoms with Crippen LogP contribution in [-0.4, -0.2) is 36.9 Å². The molecule has 0 spiro atoms. The molecule has 0 radical (unpaired) electrons. The zero-order chi connectivity index (χ0) is 19.4. The summed E-state index contributed by atoms with van der Waals surface area (Å²) in [6.07, 6.45) is 0. The highest BCUT2D eigenvalue weighted by atomic mass is 35.5. The topological polar surface area (TPSA) is 75.4 Å². The molecule has 2 aromatic carbocycles. The lowest BCUT2D eigenvalue weighted by Crippen LogP contribution is -2.24. The first kappa shape index (κ1) is 18.7. The quantitative estimate of drug-likeness (QED) is 0.498. The van der Waals surface area contributed by atoms with Crippen molar-refractivity contribution in [2.24, 2.45) is 15.1 Å². The largest absolute Gasteiger partial charge is 0.464 e. The molecule has 0 unspecified atom stereocenters.